The van der Waals surface area contributed by atoms with Crippen molar-refractivity contribution < 1.29 is 19.1 Å². The van der Waals surface area contributed by atoms with Crippen molar-refractivity contribution in [2.24, 2.45) is 0 Å². The molecule has 2 aromatic carbocycles. The molecule has 4 rings (SSSR count). The van der Waals surface area contributed by atoms with Crippen molar-refractivity contribution in [3.05, 3.63) is 63.6 Å². The Morgan fingerprint density at radius 2 is 1.83 bits per heavy atom. The van der Waals surface area contributed by atoms with Crippen LogP contribution in [0, 0.1) is 6.92 Å². The van der Waals surface area contributed by atoms with E-state index in [1.165, 1.54) is 0 Å². The van der Waals surface area contributed by atoms with E-state index in [1.54, 1.807) is 49.4 Å². The summed E-state index contributed by atoms with van der Waals surface area (Å²) in [5.41, 5.74) is 1.51. The van der Waals surface area contributed by atoms with Crippen LogP contribution in [0.15, 0.2) is 42.5 Å². The highest BCUT2D eigenvalue weighted by Crippen LogP contribution is 2.33. The number of aromatic nitrogens is 1. The number of benzene rings is 2. The number of amides is 2. The van der Waals surface area contributed by atoms with Crippen molar-refractivity contribution in [3.63, 3.8) is 0 Å². The summed E-state index contributed by atoms with van der Waals surface area (Å²) in [7, 11) is 0. The Morgan fingerprint density at radius 3 is 2.62 bits per heavy atom. The quantitative estimate of drug-likeness (QED) is 0.642. The summed E-state index contributed by atoms with van der Waals surface area (Å²) in [6.07, 6.45) is 0. The second-order valence-electron chi connectivity index (χ2n) is 6.21. The third-order valence-corrected chi connectivity index (χ3v) is 5.42. The van der Waals surface area contributed by atoms with Gasteiger partial charge in [-0.1, -0.05) is 29.0 Å². The lowest BCUT2D eigenvalue weighted by Gasteiger charge is -2.18. The average Bonchev–Trinajstić information content (AvgIpc) is 3.08. The van der Waals surface area contributed by atoms with Gasteiger partial charge >= 0.3 is 0 Å². The molecule has 3 aromatic rings. The van der Waals surface area contributed by atoms with Gasteiger partial charge in [0.25, 0.3) is 11.8 Å². The van der Waals surface area contributed by atoms with Crippen molar-refractivity contribution in [2.75, 3.05) is 23.8 Å². The van der Waals surface area contributed by atoms with E-state index < -0.39 is 0 Å². The van der Waals surface area contributed by atoms with Crippen LogP contribution in [0.25, 0.3) is 0 Å². The normalized spacial score (nSPS) is 12.3. The predicted molar refractivity (Wildman–Crippen MR) is 112 cm³/mol. The van der Waals surface area contributed by atoms with E-state index in [9.17, 15) is 9.59 Å². The highest BCUT2D eigenvalue weighted by Gasteiger charge is 2.19. The maximum absolute atomic E-state index is 12.7. The Kier molecular flexibility index (Phi) is 5.37. The van der Waals surface area contributed by atoms with Gasteiger partial charge in [0.1, 0.15) is 18.1 Å². The lowest BCUT2D eigenvalue weighted by molar-refractivity contribution is 0.102. The van der Waals surface area contributed by atoms with Crippen molar-refractivity contribution >= 4 is 45.6 Å². The lowest BCUT2D eigenvalue weighted by atomic mass is 10.2. The molecule has 29 heavy (non-hydrogen) atoms. The number of fused-ring (bicyclic) bond motifs is 1. The molecular formula is C20H16ClN3O4S. The molecule has 0 unspecified atom stereocenters. The second kappa shape index (κ2) is 8.10. The van der Waals surface area contributed by atoms with Crippen LogP contribution in [0.3, 0.4) is 0 Å². The zero-order valence-electron chi connectivity index (χ0n) is 15.3. The summed E-state index contributed by atoms with van der Waals surface area (Å²) in [5.74, 6) is 0.568. The van der Waals surface area contributed by atoms with Gasteiger partial charge in [-0.25, -0.2) is 4.98 Å². The van der Waals surface area contributed by atoms with E-state index in [0.717, 1.165) is 11.3 Å². The molecule has 0 saturated carbocycles. The minimum atomic E-state index is -0.347. The number of nitrogens with one attached hydrogen (secondary N) is 2. The lowest BCUT2D eigenvalue weighted by Crippen LogP contribution is -2.16. The molecule has 0 saturated heterocycles. The first-order chi connectivity index (χ1) is 14.0. The molecule has 0 bridgehead atoms. The monoisotopic (exact) mass is 429 g/mol. The number of carbonyl (C=O) groups excluding carboxylic acids is 2. The van der Waals surface area contributed by atoms with E-state index in [0.29, 0.717) is 56.7 Å². The minimum Gasteiger partial charge on any atom is -0.486 e. The number of anilines is 2. The summed E-state index contributed by atoms with van der Waals surface area (Å²) in [6.45, 7) is 2.68. The molecule has 1 aliphatic rings. The van der Waals surface area contributed by atoms with Crippen LogP contribution in [-0.2, 0) is 0 Å². The number of aryl methyl sites for hydroxylation is 1. The highest BCUT2D eigenvalue weighted by atomic mass is 35.5. The van der Waals surface area contributed by atoms with Crippen LogP contribution in [0.5, 0.6) is 11.5 Å². The molecule has 0 radical (unpaired) electrons. The second-order valence-corrected chi connectivity index (χ2v) is 7.65. The van der Waals surface area contributed by atoms with Gasteiger partial charge in [-0.3, -0.25) is 14.9 Å². The van der Waals surface area contributed by atoms with Crippen molar-refractivity contribution in [3.8, 4) is 11.5 Å². The van der Waals surface area contributed by atoms with E-state index in [4.69, 9.17) is 21.1 Å². The van der Waals surface area contributed by atoms with E-state index in [-0.39, 0.29) is 11.8 Å². The fourth-order valence-electron chi connectivity index (χ4n) is 2.77. The van der Waals surface area contributed by atoms with Gasteiger partial charge < -0.3 is 14.8 Å². The molecular weight excluding hydrogens is 414 g/mol. The van der Waals surface area contributed by atoms with Crippen LogP contribution >= 0.6 is 22.9 Å². The molecule has 1 aliphatic heterocycles. The van der Waals surface area contributed by atoms with Crippen LogP contribution in [-0.4, -0.2) is 30.0 Å². The van der Waals surface area contributed by atoms with E-state index in [2.05, 4.69) is 15.6 Å². The average molecular weight is 430 g/mol. The van der Waals surface area contributed by atoms with Gasteiger partial charge in [0.2, 0.25) is 0 Å². The molecule has 2 heterocycles. The fraction of sp³-hybridized carbons (Fsp3) is 0.150. The standard InChI is InChI=1S/C20H16ClN3O4S/c1-11-17(19(26)23-14-5-6-15-16(10-14)28-8-7-27-15)29-20(22-11)24-18(25)12-3-2-4-13(21)9-12/h2-6,9-10H,7-8H2,1H3,(H,23,26)(H,22,24,25). The van der Waals surface area contributed by atoms with Gasteiger partial charge in [-0.05, 0) is 37.3 Å². The molecule has 2 amide bonds. The first-order valence-electron chi connectivity index (χ1n) is 8.75. The molecule has 0 fully saturated rings. The van der Waals surface area contributed by atoms with E-state index >= 15 is 0 Å². The first kappa shape index (κ1) is 19.2. The Morgan fingerprint density at radius 1 is 1.03 bits per heavy atom. The van der Waals surface area contributed by atoms with Gasteiger partial charge in [-0.2, -0.15) is 0 Å². The number of hydrogen-bond acceptors (Lipinski definition) is 6. The first-order valence-corrected chi connectivity index (χ1v) is 9.94. The predicted octanol–water partition coefficient (Wildman–Crippen LogP) is 4.38. The third-order valence-electron chi connectivity index (χ3n) is 4.11. The summed E-state index contributed by atoms with van der Waals surface area (Å²) in [5, 5.41) is 6.32. The Labute approximate surface area is 175 Å². The van der Waals surface area contributed by atoms with Crippen molar-refractivity contribution in [1.29, 1.82) is 0 Å². The fourth-order valence-corrected chi connectivity index (χ4v) is 3.82. The topological polar surface area (TPSA) is 89.6 Å². The molecule has 2 N–H and O–H groups in total. The summed E-state index contributed by atoms with van der Waals surface area (Å²) < 4.78 is 11.0. The Hall–Kier alpha value is -3.10. The number of thiazole rings is 1. The maximum Gasteiger partial charge on any atom is 0.267 e. The molecule has 9 heteroatoms. The largest absolute Gasteiger partial charge is 0.486 e. The van der Waals surface area contributed by atoms with Gasteiger partial charge in [0, 0.05) is 22.3 Å². The summed E-state index contributed by atoms with van der Waals surface area (Å²) in [6, 6.07) is 11.8. The van der Waals surface area contributed by atoms with Crippen LogP contribution in [0.2, 0.25) is 5.02 Å². The molecule has 0 aliphatic carbocycles. The van der Waals surface area contributed by atoms with Crippen LogP contribution in [0.1, 0.15) is 25.7 Å². The summed E-state index contributed by atoms with van der Waals surface area (Å²) in [4.78, 5) is 29.7. The van der Waals surface area contributed by atoms with Crippen LogP contribution in [0.4, 0.5) is 10.8 Å². The van der Waals surface area contributed by atoms with Crippen molar-refractivity contribution in [2.45, 2.75) is 6.92 Å². The molecule has 7 nitrogen and oxygen atoms in total. The number of ether oxygens (including phenoxy) is 2. The maximum atomic E-state index is 12.7. The van der Waals surface area contributed by atoms with Crippen molar-refractivity contribution in [1.82, 2.24) is 4.98 Å². The number of halogens is 1. The molecule has 0 spiro atoms. The zero-order valence-corrected chi connectivity index (χ0v) is 16.9. The highest BCUT2D eigenvalue weighted by molar-refractivity contribution is 7.17. The number of nitrogens with zero attached hydrogens (tertiary/aromatic N) is 1. The Bertz CT molecular complexity index is 1100. The third kappa shape index (κ3) is 4.33. The molecule has 1 aromatic heterocycles. The summed E-state index contributed by atoms with van der Waals surface area (Å²) >= 11 is 7.02. The molecule has 0 atom stereocenters. The van der Waals surface area contributed by atoms with E-state index in [1.807, 2.05) is 0 Å². The molecule has 148 valence electrons. The van der Waals surface area contributed by atoms with Gasteiger partial charge in [0.05, 0.1) is 5.69 Å². The number of hydrogen-bond donors (Lipinski definition) is 2. The number of rotatable bonds is 4. The zero-order chi connectivity index (χ0) is 20.4. The smallest absolute Gasteiger partial charge is 0.267 e. The minimum absolute atomic E-state index is 0.320. The number of carbonyl (C=O) groups is 2. The van der Waals surface area contributed by atoms with Crippen LogP contribution < -0.4 is 20.1 Å². The van der Waals surface area contributed by atoms with Gasteiger partial charge in [0.15, 0.2) is 16.6 Å². The Balaban J connectivity index is 1.47. The SMILES string of the molecule is Cc1nc(NC(=O)c2cccc(Cl)c2)sc1C(=O)Nc1ccc2c(c1)OCCO2. The van der Waals surface area contributed by atoms with Gasteiger partial charge in [-0.15, -0.1) is 0 Å².